The first-order valence-corrected chi connectivity index (χ1v) is 7.87. The van der Waals surface area contributed by atoms with Gasteiger partial charge in [0.15, 0.2) is 0 Å². The molecular weight excluding hydrogens is 335 g/mol. The van der Waals surface area contributed by atoms with Gasteiger partial charge in [-0.25, -0.2) is 0 Å². The largest absolute Gasteiger partial charge is 0.416 e. The molecule has 3 rings (SSSR count). The number of carbonyl (C=O) groups excluding carboxylic acids is 1. The van der Waals surface area contributed by atoms with Crippen molar-refractivity contribution in [2.24, 2.45) is 0 Å². The predicted octanol–water partition coefficient (Wildman–Crippen LogP) is 3.34. The molecule has 1 fully saturated rings. The van der Waals surface area contributed by atoms with Crippen LogP contribution in [0.3, 0.4) is 0 Å². The Hall–Kier alpha value is -2.35. The Bertz CT molecular complexity index is 772. The van der Waals surface area contributed by atoms with Gasteiger partial charge >= 0.3 is 6.18 Å². The maximum absolute atomic E-state index is 12.9. The van der Waals surface area contributed by atoms with Gasteiger partial charge in [-0.1, -0.05) is 12.1 Å². The van der Waals surface area contributed by atoms with Crippen molar-refractivity contribution in [3.05, 3.63) is 52.8 Å². The Morgan fingerprint density at radius 1 is 1.40 bits per heavy atom. The van der Waals surface area contributed by atoms with Crippen LogP contribution in [0.2, 0.25) is 0 Å². The van der Waals surface area contributed by atoms with Crippen LogP contribution in [0.5, 0.6) is 0 Å². The number of amides is 1. The second-order valence-corrected chi connectivity index (χ2v) is 6.16. The standard InChI is InChI=1S/C17H18F3N3O2/c1-10-9-25-15(12-4-3-5-13(6-12)17(18,19)20)8-23(10)16(24)14-7-21-22-11(14)2/h3-7,10,15H,8-9H2,1-2H3,(H,21,22). The number of hydrogen-bond acceptors (Lipinski definition) is 3. The van der Waals surface area contributed by atoms with Gasteiger partial charge in [0.2, 0.25) is 0 Å². The zero-order valence-corrected chi connectivity index (χ0v) is 13.8. The van der Waals surface area contributed by atoms with E-state index in [0.29, 0.717) is 16.8 Å². The summed E-state index contributed by atoms with van der Waals surface area (Å²) in [6.45, 7) is 4.03. The van der Waals surface area contributed by atoms with Crippen LogP contribution in [-0.2, 0) is 10.9 Å². The maximum Gasteiger partial charge on any atom is 0.416 e. The molecular formula is C17H18F3N3O2. The highest BCUT2D eigenvalue weighted by Crippen LogP contribution is 2.33. The third kappa shape index (κ3) is 3.53. The van der Waals surface area contributed by atoms with Gasteiger partial charge < -0.3 is 9.64 Å². The zero-order valence-electron chi connectivity index (χ0n) is 13.8. The number of nitrogens with one attached hydrogen (secondary N) is 1. The Balaban J connectivity index is 1.83. The Morgan fingerprint density at radius 2 is 2.16 bits per heavy atom. The number of aromatic nitrogens is 2. The average Bonchev–Trinajstić information content (AvgIpc) is 3.00. The summed E-state index contributed by atoms with van der Waals surface area (Å²) in [6, 6.07) is 4.86. The number of H-pyrrole nitrogens is 1. The van der Waals surface area contributed by atoms with Crippen molar-refractivity contribution < 1.29 is 22.7 Å². The van der Waals surface area contributed by atoms with E-state index in [0.717, 1.165) is 12.1 Å². The van der Waals surface area contributed by atoms with E-state index in [4.69, 9.17) is 4.74 Å². The number of halogens is 3. The van der Waals surface area contributed by atoms with Crippen LogP contribution < -0.4 is 0 Å². The Morgan fingerprint density at radius 3 is 2.80 bits per heavy atom. The molecule has 134 valence electrons. The fraction of sp³-hybridized carbons (Fsp3) is 0.412. The van der Waals surface area contributed by atoms with Gasteiger partial charge in [-0.3, -0.25) is 9.89 Å². The van der Waals surface area contributed by atoms with E-state index in [2.05, 4.69) is 10.2 Å². The van der Waals surface area contributed by atoms with Gasteiger partial charge in [0, 0.05) is 5.69 Å². The van der Waals surface area contributed by atoms with Crippen LogP contribution in [0.15, 0.2) is 30.5 Å². The van der Waals surface area contributed by atoms with Gasteiger partial charge in [0.05, 0.1) is 36.5 Å². The summed E-state index contributed by atoms with van der Waals surface area (Å²) in [7, 11) is 0. The molecule has 1 amide bonds. The van der Waals surface area contributed by atoms with Crippen molar-refractivity contribution >= 4 is 5.91 Å². The molecule has 1 aliphatic rings. The maximum atomic E-state index is 12.9. The van der Waals surface area contributed by atoms with Crippen molar-refractivity contribution in [2.45, 2.75) is 32.2 Å². The lowest BCUT2D eigenvalue weighted by atomic mass is 10.0. The molecule has 0 radical (unpaired) electrons. The molecule has 25 heavy (non-hydrogen) atoms. The molecule has 1 aromatic carbocycles. The number of aromatic amines is 1. The normalized spacial score (nSPS) is 21.4. The van der Waals surface area contributed by atoms with Crippen molar-refractivity contribution in [3.8, 4) is 0 Å². The molecule has 8 heteroatoms. The molecule has 1 N–H and O–H groups in total. The van der Waals surface area contributed by atoms with E-state index in [-0.39, 0.29) is 25.1 Å². The highest BCUT2D eigenvalue weighted by Gasteiger charge is 2.34. The number of carbonyl (C=O) groups is 1. The van der Waals surface area contributed by atoms with E-state index in [9.17, 15) is 18.0 Å². The van der Waals surface area contributed by atoms with Crippen LogP contribution >= 0.6 is 0 Å². The average molecular weight is 353 g/mol. The van der Waals surface area contributed by atoms with Crippen LogP contribution in [0.25, 0.3) is 0 Å². The molecule has 2 unspecified atom stereocenters. The smallest absolute Gasteiger partial charge is 0.370 e. The number of morpholine rings is 1. The fourth-order valence-corrected chi connectivity index (χ4v) is 2.88. The van der Waals surface area contributed by atoms with E-state index < -0.39 is 17.8 Å². The lowest BCUT2D eigenvalue weighted by molar-refractivity contribution is -0.137. The highest BCUT2D eigenvalue weighted by atomic mass is 19.4. The van der Waals surface area contributed by atoms with Gasteiger partial charge in [-0.05, 0) is 31.5 Å². The van der Waals surface area contributed by atoms with Gasteiger partial charge in [0.25, 0.3) is 5.91 Å². The minimum atomic E-state index is -4.42. The molecule has 2 aromatic rings. The summed E-state index contributed by atoms with van der Waals surface area (Å²) in [5.74, 6) is -0.209. The second kappa shape index (κ2) is 6.51. The quantitative estimate of drug-likeness (QED) is 0.901. The molecule has 0 aliphatic carbocycles. The van der Waals surface area contributed by atoms with Crippen molar-refractivity contribution in [1.29, 1.82) is 0 Å². The van der Waals surface area contributed by atoms with Gasteiger partial charge in [0.1, 0.15) is 6.10 Å². The molecule has 1 aliphatic heterocycles. The first-order chi connectivity index (χ1) is 11.8. The lowest BCUT2D eigenvalue weighted by Crippen LogP contribution is -2.48. The number of ether oxygens (including phenoxy) is 1. The van der Waals surface area contributed by atoms with Gasteiger partial charge in [-0.15, -0.1) is 0 Å². The second-order valence-electron chi connectivity index (χ2n) is 6.16. The van der Waals surface area contributed by atoms with Crippen LogP contribution in [0.1, 0.15) is 40.2 Å². The summed E-state index contributed by atoms with van der Waals surface area (Å²) >= 11 is 0. The minimum Gasteiger partial charge on any atom is -0.370 e. The van der Waals surface area contributed by atoms with Gasteiger partial charge in [-0.2, -0.15) is 18.3 Å². The number of alkyl halides is 3. The Kier molecular flexibility index (Phi) is 4.55. The highest BCUT2D eigenvalue weighted by molar-refractivity contribution is 5.95. The van der Waals surface area contributed by atoms with E-state index in [1.54, 1.807) is 17.9 Å². The van der Waals surface area contributed by atoms with E-state index >= 15 is 0 Å². The van der Waals surface area contributed by atoms with Crippen LogP contribution in [-0.4, -0.2) is 40.2 Å². The lowest BCUT2D eigenvalue weighted by Gasteiger charge is -2.38. The number of aryl methyl sites for hydroxylation is 1. The number of hydrogen-bond donors (Lipinski definition) is 1. The molecule has 0 spiro atoms. The fourth-order valence-electron chi connectivity index (χ4n) is 2.88. The van der Waals surface area contributed by atoms with Crippen molar-refractivity contribution in [3.63, 3.8) is 0 Å². The Labute approximate surface area is 142 Å². The summed E-state index contributed by atoms with van der Waals surface area (Å²) in [5.41, 5.74) is 0.787. The minimum absolute atomic E-state index is 0.177. The number of rotatable bonds is 2. The van der Waals surface area contributed by atoms with Crippen LogP contribution in [0, 0.1) is 6.92 Å². The molecule has 5 nitrogen and oxygen atoms in total. The third-order valence-electron chi connectivity index (χ3n) is 4.34. The molecule has 1 aromatic heterocycles. The molecule has 0 bridgehead atoms. The summed E-state index contributed by atoms with van der Waals surface area (Å²) in [4.78, 5) is 14.3. The molecule has 0 saturated carbocycles. The van der Waals surface area contributed by atoms with Crippen molar-refractivity contribution in [2.75, 3.05) is 13.2 Å². The van der Waals surface area contributed by atoms with Crippen molar-refractivity contribution in [1.82, 2.24) is 15.1 Å². The summed E-state index contributed by atoms with van der Waals surface area (Å²) in [6.07, 6.45) is -3.56. The van der Waals surface area contributed by atoms with Crippen LogP contribution in [0.4, 0.5) is 13.2 Å². The summed E-state index contributed by atoms with van der Waals surface area (Å²) < 4.78 is 44.4. The monoisotopic (exact) mass is 353 g/mol. The third-order valence-corrected chi connectivity index (χ3v) is 4.34. The topological polar surface area (TPSA) is 58.2 Å². The SMILES string of the molecule is Cc1[nH]ncc1C(=O)N1CC(c2cccc(C(F)(F)F)c2)OCC1C. The van der Waals surface area contributed by atoms with E-state index in [1.165, 1.54) is 12.3 Å². The molecule has 2 heterocycles. The summed E-state index contributed by atoms with van der Waals surface area (Å²) in [5, 5.41) is 6.57. The molecule has 1 saturated heterocycles. The predicted molar refractivity (Wildman–Crippen MR) is 84.0 cm³/mol. The van der Waals surface area contributed by atoms with E-state index in [1.807, 2.05) is 6.92 Å². The molecule has 2 atom stereocenters. The first-order valence-electron chi connectivity index (χ1n) is 7.87. The number of nitrogens with zero attached hydrogens (tertiary/aromatic N) is 2. The first kappa shape index (κ1) is 17.5. The zero-order chi connectivity index (χ0) is 18.2. The number of benzene rings is 1.